The molecule has 0 aliphatic heterocycles. The molecule has 2 atom stereocenters. The van der Waals surface area contributed by atoms with Crippen molar-refractivity contribution in [1.82, 2.24) is 5.32 Å². The number of aliphatic hydroxyl groups is 1. The number of aliphatic carboxylic acids is 1. The number of nitrogens with one attached hydrogen (secondary N) is 1. The van der Waals surface area contributed by atoms with E-state index in [4.69, 9.17) is 5.11 Å². The molecule has 0 spiro atoms. The molecule has 0 radical (unpaired) electrons. The number of carboxylic acid groups (broad SMARTS) is 1. The Bertz CT molecular complexity index is 529. The molecule has 5 nitrogen and oxygen atoms in total. The summed E-state index contributed by atoms with van der Waals surface area (Å²) in [4.78, 5) is 22.3. The maximum atomic E-state index is 13.0. The van der Waals surface area contributed by atoms with E-state index in [9.17, 15) is 27.9 Å². The fourth-order valence-electron chi connectivity index (χ4n) is 1.71. The van der Waals surface area contributed by atoms with Crippen LogP contribution >= 0.6 is 0 Å². The molecule has 0 bridgehead atoms. The first-order valence-corrected chi connectivity index (χ1v) is 6.38. The highest BCUT2D eigenvalue weighted by atomic mass is 19.4. The molecule has 22 heavy (non-hydrogen) atoms. The SMILES string of the molecule is CC(O)(CNC(=O)CC(c1ccccc1)C(F)(F)F)C(=O)O. The number of hydrogen-bond donors (Lipinski definition) is 3. The summed E-state index contributed by atoms with van der Waals surface area (Å²) < 4.78 is 39.1. The zero-order chi connectivity index (χ0) is 17.0. The van der Waals surface area contributed by atoms with Crippen molar-refractivity contribution in [2.75, 3.05) is 6.54 Å². The van der Waals surface area contributed by atoms with Crippen LogP contribution in [0.2, 0.25) is 0 Å². The lowest BCUT2D eigenvalue weighted by Gasteiger charge is -2.22. The van der Waals surface area contributed by atoms with Gasteiger partial charge in [0.15, 0.2) is 5.60 Å². The van der Waals surface area contributed by atoms with Crippen molar-refractivity contribution in [2.45, 2.75) is 31.0 Å². The molecule has 1 amide bonds. The molecule has 0 heterocycles. The summed E-state index contributed by atoms with van der Waals surface area (Å²) in [6.07, 6.45) is -5.50. The highest BCUT2D eigenvalue weighted by Gasteiger charge is 2.42. The van der Waals surface area contributed by atoms with Crippen molar-refractivity contribution in [3.05, 3.63) is 35.9 Å². The van der Waals surface area contributed by atoms with E-state index in [1.807, 2.05) is 5.32 Å². The molecule has 8 heteroatoms. The number of carbonyl (C=O) groups excluding carboxylic acids is 1. The summed E-state index contributed by atoms with van der Waals surface area (Å²) >= 11 is 0. The van der Waals surface area contributed by atoms with Gasteiger partial charge in [0.1, 0.15) is 0 Å². The predicted octanol–water partition coefficient (Wildman–Crippen LogP) is 1.67. The van der Waals surface area contributed by atoms with Gasteiger partial charge in [-0.3, -0.25) is 4.79 Å². The molecule has 1 aromatic carbocycles. The van der Waals surface area contributed by atoms with Crippen LogP contribution in [0, 0.1) is 0 Å². The number of carbonyl (C=O) groups is 2. The molecule has 0 aromatic heterocycles. The summed E-state index contributed by atoms with van der Waals surface area (Å²) in [7, 11) is 0. The van der Waals surface area contributed by atoms with Gasteiger partial charge in [-0.15, -0.1) is 0 Å². The van der Waals surface area contributed by atoms with E-state index >= 15 is 0 Å². The number of carboxylic acids is 1. The molecular weight excluding hydrogens is 303 g/mol. The van der Waals surface area contributed by atoms with Gasteiger partial charge in [0.05, 0.1) is 12.5 Å². The Morgan fingerprint density at radius 3 is 2.23 bits per heavy atom. The fraction of sp³-hybridized carbons (Fsp3) is 0.429. The minimum atomic E-state index is -4.62. The van der Waals surface area contributed by atoms with Crippen molar-refractivity contribution >= 4 is 11.9 Å². The Morgan fingerprint density at radius 2 is 1.77 bits per heavy atom. The standard InChI is InChI=1S/C14H16F3NO4/c1-13(22,12(20)21)8-18-11(19)7-10(14(15,16)17)9-5-3-2-4-6-9/h2-6,10,22H,7-8H2,1H3,(H,18,19)(H,20,21). The molecule has 2 unspecified atom stereocenters. The van der Waals surface area contributed by atoms with E-state index in [1.165, 1.54) is 24.3 Å². The third-order valence-corrected chi connectivity index (χ3v) is 3.08. The first-order chi connectivity index (χ1) is 10.0. The lowest BCUT2D eigenvalue weighted by Crippen LogP contribution is -2.47. The molecule has 3 N–H and O–H groups in total. The van der Waals surface area contributed by atoms with Gasteiger partial charge in [-0.2, -0.15) is 13.2 Å². The predicted molar refractivity (Wildman–Crippen MR) is 71.1 cm³/mol. The van der Waals surface area contributed by atoms with Gasteiger partial charge in [-0.05, 0) is 12.5 Å². The molecule has 0 saturated heterocycles. The summed E-state index contributed by atoms with van der Waals surface area (Å²) in [6, 6.07) is 6.95. The smallest absolute Gasteiger partial charge is 0.396 e. The van der Waals surface area contributed by atoms with Gasteiger partial charge in [0, 0.05) is 6.42 Å². The number of halogens is 3. The average Bonchev–Trinajstić information content (AvgIpc) is 2.42. The number of alkyl halides is 3. The van der Waals surface area contributed by atoms with Crippen molar-refractivity contribution in [1.29, 1.82) is 0 Å². The molecule has 122 valence electrons. The van der Waals surface area contributed by atoms with Crippen LogP contribution in [-0.2, 0) is 9.59 Å². The lowest BCUT2D eigenvalue weighted by molar-refractivity contribution is -0.160. The Kier molecular flexibility index (Phi) is 5.54. The van der Waals surface area contributed by atoms with Crippen molar-refractivity contribution < 1.29 is 33.0 Å². The van der Waals surface area contributed by atoms with Gasteiger partial charge < -0.3 is 15.5 Å². The van der Waals surface area contributed by atoms with E-state index in [2.05, 4.69) is 0 Å². The number of rotatable bonds is 6. The maximum absolute atomic E-state index is 13.0. The van der Waals surface area contributed by atoms with E-state index in [0.717, 1.165) is 6.92 Å². The zero-order valence-electron chi connectivity index (χ0n) is 11.7. The summed E-state index contributed by atoms with van der Waals surface area (Å²) in [5.41, 5.74) is -2.30. The third kappa shape index (κ3) is 5.03. The summed E-state index contributed by atoms with van der Waals surface area (Å²) in [5, 5.41) is 20.1. The van der Waals surface area contributed by atoms with E-state index in [-0.39, 0.29) is 5.56 Å². The van der Waals surface area contributed by atoms with Gasteiger partial charge >= 0.3 is 12.1 Å². The van der Waals surface area contributed by atoms with Crippen LogP contribution in [0.15, 0.2) is 30.3 Å². The van der Waals surface area contributed by atoms with Crippen LogP contribution in [0.25, 0.3) is 0 Å². The van der Waals surface area contributed by atoms with Crippen LogP contribution in [0.5, 0.6) is 0 Å². The second-order valence-electron chi connectivity index (χ2n) is 5.06. The second-order valence-corrected chi connectivity index (χ2v) is 5.06. The van der Waals surface area contributed by atoms with Crippen LogP contribution in [0.3, 0.4) is 0 Å². The molecule has 0 fully saturated rings. The van der Waals surface area contributed by atoms with Crippen LogP contribution < -0.4 is 5.32 Å². The van der Waals surface area contributed by atoms with Gasteiger partial charge in [-0.1, -0.05) is 30.3 Å². The van der Waals surface area contributed by atoms with Gasteiger partial charge in [0.25, 0.3) is 0 Å². The lowest BCUT2D eigenvalue weighted by atomic mass is 9.94. The average molecular weight is 319 g/mol. The molecule has 0 aliphatic rings. The fourth-order valence-corrected chi connectivity index (χ4v) is 1.71. The number of amides is 1. The minimum absolute atomic E-state index is 0.0601. The molecule has 0 saturated carbocycles. The van der Waals surface area contributed by atoms with E-state index < -0.39 is 42.5 Å². The summed E-state index contributed by atoms with van der Waals surface area (Å²) in [6.45, 7) is 0.259. The maximum Gasteiger partial charge on any atom is 0.396 e. The second kappa shape index (κ2) is 6.78. The number of benzene rings is 1. The highest BCUT2D eigenvalue weighted by Crippen LogP contribution is 2.37. The normalized spacial score (nSPS) is 15.7. The van der Waals surface area contributed by atoms with Crippen molar-refractivity contribution in [2.24, 2.45) is 0 Å². The van der Waals surface area contributed by atoms with Crippen LogP contribution in [0.4, 0.5) is 13.2 Å². The third-order valence-electron chi connectivity index (χ3n) is 3.08. The summed E-state index contributed by atoms with van der Waals surface area (Å²) in [5.74, 6) is -4.57. The highest BCUT2D eigenvalue weighted by molar-refractivity contribution is 5.80. The first-order valence-electron chi connectivity index (χ1n) is 6.38. The number of hydrogen-bond acceptors (Lipinski definition) is 3. The minimum Gasteiger partial charge on any atom is -0.479 e. The van der Waals surface area contributed by atoms with E-state index in [0.29, 0.717) is 0 Å². The molecule has 1 rings (SSSR count). The topological polar surface area (TPSA) is 86.6 Å². The Morgan fingerprint density at radius 1 is 1.23 bits per heavy atom. The van der Waals surface area contributed by atoms with Crippen LogP contribution in [-0.4, -0.2) is 40.4 Å². The largest absolute Gasteiger partial charge is 0.479 e. The Balaban J connectivity index is 2.76. The van der Waals surface area contributed by atoms with Crippen molar-refractivity contribution in [3.63, 3.8) is 0 Å². The first kappa shape index (κ1) is 18.0. The molecule has 0 aliphatic carbocycles. The molecule has 1 aromatic rings. The van der Waals surface area contributed by atoms with E-state index in [1.54, 1.807) is 6.07 Å². The van der Waals surface area contributed by atoms with Gasteiger partial charge in [-0.25, -0.2) is 4.79 Å². The monoisotopic (exact) mass is 319 g/mol. The Hall–Kier alpha value is -2.09. The molecular formula is C14H16F3NO4. The van der Waals surface area contributed by atoms with Crippen molar-refractivity contribution in [3.8, 4) is 0 Å². The quantitative estimate of drug-likeness (QED) is 0.744. The van der Waals surface area contributed by atoms with Crippen LogP contribution in [0.1, 0.15) is 24.8 Å². The zero-order valence-corrected chi connectivity index (χ0v) is 11.7. The Labute approximate surface area is 124 Å². The van der Waals surface area contributed by atoms with Gasteiger partial charge in [0.2, 0.25) is 5.91 Å².